The number of halogens is 2. The van der Waals surface area contributed by atoms with Crippen LogP contribution < -0.4 is 5.32 Å². The number of fused-ring (bicyclic) bond motifs is 1. The van der Waals surface area contributed by atoms with E-state index in [1.807, 2.05) is 35.9 Å². The fraction of sp³-hybridized carbons (Fsp3) is 0.400. The largest absolute Gasteiger partial charge is 0.481 e. The van der Waals surface area contributed by atoms with Crippen molar-refractivity contribution in [2.75, 3.05) is 25.0 Å². The maximum absolute atomic E-state index is 13.5. The molecule has 3 aromatic rings. The van der Waals surface area contributed by atoms with Gasteiger partial charge < -0.3 is 19.9 Å². The van der Waals surface area contributed by atoms with Crippen LogP contribution in [-0.2, 0) is 18.3 Å². The van der Waals surface area contributed by atoms with Crippen molar-refractivity contribution in [2.45, 2.75) is 32.1 Å². The number of rotatable bonds is 9. The molecule has 34 heavy (non-hydrogen) atoms. The first-order valence-corrected chi connectivity index (χ1v) is 12.2. The number of unbranched alkanes of at least 4 members (excludes halogenated alkanes) is 2. The number of carboxylic acids is 1. The first-order chi connectivity index (χ1) is 16.3. The van der Waals surface area contributed by atoms with Crippen LogP contribution in [0.4, 0.5) is 5.69 Å². The van der Waals surface area contributed by atoms with Crippen LogP contribution in [0.25, 0.3) is 11.0 Å². The van der Waals surface area contributed by atoms with E-state index in [0.717, 1.165) is 49.0 Å². The summed E-state index contributed by atoms with van der Waals surface area (Å²) in [6.07, 6.45) is 5.66. The first kappa shape index (κ1) is 24.4. The van der Waals surface area contributed by atoms with Gasteiger partial charge in [0.15, 0.2) is 0 Å². The normalized spacial score (nSPS) is 15.7. The number of pyridine rings is 1. The molecule has 9 heteroatoms. The van der Waals surface area contributed by atoms with Gasteiger partial charge in [0.1, 0.15) is 5.65 Å². The molecule has 7 nitrogen and oxygen atoms in total. The fourth-order valence-corrected chi connectivity index (χ4v) is 4.94. The molecule has 3 heterocycles. The van der Waals surface area contributed by atoms with Gasteiger partial charge in [-0.15, -0.1) is 0 Å². The predicted molar refractivity (Wildman–Crippen MR) is 135 cm³/mol. The van der Waals surface area contributed by atoms with Gasteiger partial charge in [-0.3, -0.25) is 9.59 Å². The van der Waals surface area contributed by atoms with E-state index in [1.165, 1.54) is 0 Å². The summed E-state index contributed by atoms with van der Waals surface area (Å²) < 4.78 is 1.97. The Labute approximate surface area is 208 Å². The van der Waals surface area contributed by atoms with Crippen LogP contribution >= 0.6 is 23.2 Å². The molecule has 0 unspecified atom stereocenters. The summed E-state index contributed by atoms with van der Waals surface area (Å²) in [4.78, 5) is 31.0. The van der Waals surface area contributed by atoms with E-state index in [0.29, 0.717) is 34.2 Å². The van der Waals surface area contributed by atoms with Crippen molar-refractivity contribution < 1.29 is 14.7 Å². The average molecular weight is 503 g/mol. The first-order valence-electron chi connectivity index (χ1n) is 11.5. The Kier molecular flexibility index (Phi) is 7.63. The van der Waals surface area contributed by atoms with E-state index in [1.54, 1.807) is 17.2 Å². The van der Waals surface area contributed by atoms with Gasteiger partial charge in [0.2, 0.25) is 0 Å². The molecule has 2 aromatic heterocycles. The molecule has 0 bridgehead atoms. The second-order valence-electron chi connectivity index (χ2n) is 8.73. The Morgan fingerprint density at radius 2 is 2.00 bits per heavy atom. The standard InChI is InChI=1S/C25H28Cl2N4O3/c1-30-21(8-3-2-4-10-28-19-7-5-6-17(26)12-19)22(20-13-18(27)14-29-23(20)30)24(32)31-11-9-16(15-31)25(33)34/h5-7,12-14,16,28H,2-4,8-11,15H2,1H3,(H,33,34)/t16-/m0/s1. The lowest BCUT2D eigenvalue weighted by atomic mass is 10.1. The fourth-order valence-electron chi connectivity index (χ4n) is 4.60. The van der Waals surface area contributed by atoms with Gasteiger partial charge >= 0.3 is 5.97 Å². The second kappa shape index (κ2) is 10.7. The lowest BCUT2D eigenvalue weighted by Crippen LogP contribution is -2.30. The summed E-state index contributed by atoms with van der Waals surface area (Å²) >= 11 is 12.2. The summed E-state index contributed by atoms with van der Waals surface area (Å²) in [7, 11) is 1.92. The molecule has 4 rings (SSSR count). The van der Waals surface area contributed by atoms with Crippen molar-refractivity contribution in [3.05, 3.63) is 57.8 Å². The monoisotopic (exact) mass is 502 g/mol. The molecule has 180 valence electrons. The van der Waals surface area contributed by atoms with E-state index < -0.39 is 11.9 Å². The van der Waals surface area contributed by atoms with Gasteiger partial charge in [-0.2, -0.15) is 0 Å². The molecule has 1 saturated heterocycles. The highest BCUT2D eigenvalue weighted by molar-refractivity contribution is 6.31. The zero-order valence-electron chi connectivity index (χ0n) is 19.1. The van der Waals surface area contributed by atoms with Crippen molar-refractivity contribution in [1.29, 1.82) is 0 Å². The highest BCUT2D eigenvalue weighted by Crippen LogP contribution is 2.30. The number of likely N-dealkylation sites (tertiary alicyclic amines) is 1. The quantitative estimate of drug-likeness (QED) is 0.390. The van der Waals surface area contributed by atoms with Gasteiger partial charge in [-0.1, -0.05) is 35.7 Å². The molecule has 1 fully saturated rings. The van der Waals surface area contributed by atoms with Crippen molar-refractivity contribution in [1.82, 2.24) is 14.5 Å². The highest BCUT2D eigenvalue weighted by Gasteiger charge is 2.34. The third-order valence-corrected chi connectivity index (χ3v) is 6.84. The van der Waals surface area contributed by atoms with E-state index >= 15 is 0 Å². The van der Waals surface area contributed by atoms with Gasteiger partial charge in [0.25, 0.3) is 5.91 Å². The zero-order chi connectivity index (χ0) is 24.2. The molecule has 0 radical (unpaired) electrons. The van der Waals surface area contributed by atoms with Crippen LogP contribution in [0.3, 0.4) is 0 Å². The number of carboxylic acid groups (broad SMARTS) is 1. The maximum Gasteiger partial charge on any atom is 0.308 e. The summed E-state index contributed by atoms with van der Waals surface area (Å²) in [5.74, 6) is -1.52. The Hall–Kier alpha value is -2.77. The lowest BCUT2D eigenvalue weighted by Gasteiger charge is -2.17. The molecular formula is C25H28Cl2N4O3. The molecule has 0 saturated carbocycles. The van der Waals surface area contributed by atoms with Crippen LogP contribution in [0.5, 0.6) is 0 Å². The number of benzene rings is 1. The number of carbonyl (C=O) groups is 2. The number of amides is 1. The zero-order valence-corrected chi connectivity index (χ0v) is 20.6. The number of anilines is 1. The minimum atomic E-state index is -0.857. The molecule has 1 aliphatic heterocycles. The third kappa shape index (κ3) is 5.31. The Balaban J connectivity index is 1.45. The number of carbonyl (C=O) groups excluding carboxylic acids is 1. The molecule has 2 N–H and O–H groups in total. The van der Waals surface area contributed by atoms with E-state index in [4.69, 9.17) is 23.2 Å². The smallest absolute Gasteiger partial charge is 0.308 e. The number of aromatic nitrogens is 2. The SMILES string of the molecule is Cn1c(CCCCCNc2cccc(Cl)c2)c(C(=O)N2CC[C@H](C(=O)O)C2)c2cc(Cl)cnc21. The van der Waals surface area contributed by atoms with Crippen LogP contribution in [0.2, 0.25) is 10.0 Å². The molecule has 1 atom stereocenters. The minimum Gasteiger partial charge on any atom is -0.481 e. The van der Waals surface area contributed by atoms with E-state index in [-0.39, 0.29) is 12.5 Å². The molecule has 0 aliphatic carbocycles. The Morgan fingerprint density at radius 1 is 1.18 bits per heavy atom. The summed E-state index contributed by atoms with van der Waals surface area (Å²) in [6.45, 7) is 1.50. The summed E-state index contributed by atoms with van der Waals surface area (Å²) in [5.41, 5.74) is 3.22. The topological polar surface area (TPSA) is 87.5 Å². The summed E-state index contributed by atoms with van der Waals surface area (Å²) in [5, 5.41) is 14.6. The van der Waals surface area contributed by atoms with Crippen LogP contribution in [0, 0.1) is 5.92 Å². The maximum atomic E-state index is 13.5. The van der Waals surface area contributed by atoms with Crippen molar-refractivity contribution in [3.8, 4) is 0 Å². The van der Waals surface area contributed by atoms with Gasteiger partial charge in [0, 0.05) is 54.7 Å². The number of aryl methyl sites for hydroxylation is 1. The number of hydrogen-bond donors (Lipinski definition) is 2. The number of nitrogens with zero attached hydrogens (tertiary/aromatic N) is 3. The van der Waals surface area contributed by atoms with Crippen LogP contribution in [0.1, 0.15) is 41.7 Å². The second-order valence-corrected chi connectivity index (χ2v) is 9.60. The van der Waals surface area contributed by atoms with Gasteiger partial charge in [-0.25, -0.2) is 4.98 Å². The van der Waals surface area contributed by atoms with Crippen molar-refractivity contribution in [3.63, 3.8) is 0 Å². The molecule has 1 aromatic carbocycles. The highest BCUT2D eigenvalue weighted by atomic mass is 35.5. The third-order valence-electron chi connectivity index (χ3n) is 6.40. The average Bonchev–Trinajstić information content (AvgIpc) is 3.40. The van der Waals surface area contributed by atoms with E-state index in [2.05, 4.69) is 10.3 Å². The number of aliphatic carboxylic acids is 1. The van der Waals surface area contributed by atoms with Gasteiger partial charge in [-0.05, 0) is 49.9 Å². The Bertz CT molecular complexity index is 1210. The molecule has 1 amide bonds. The van der Waals surface area contributed by atoms with Crippen molar-refractivity contribution in [2.24, 2.45) is 13.0 Å². The minimum absolute atomic E-state index is 0.143. The number of hydrogen-bond acceptors (Lipinski definition) is 4. The van der Waals surface area contributed by atoms with E-state index in [9.17, 15) is 14.7 Å². The summed E-state index contributed by atoms with van der Waals surface area (Å²) in [6, 6.07) is 9.44. The van der Waals surface area contributed by atoms with Crippen LogP contribution in [-0.4, -0.2) is 51.1 Å². The van der Waals surface area contributed by atoms with Crippen LogP contribution in [0.15, 0.2) is 36.5 Å². The molecule has 0 spiro atoms. The van der Waals surface area contributed by atoms with Crippen molar-refractivity contribution >= 4 is 51.8 Å². The molecular weight excluding hydrogens is 475 g/mol. The van der Waals surface area contributed by atoms with Gasteiger partial charge in [0.05, 0.1) is 16.5 Å². The predicted octanol–water partition coefficient (Wildman–Crippen LogP) is 5.25. The number of nitrogens with one attached hydrogen (secondary N) is 1. The Morgan fingerprint density at radius 3 is 2.74 bits per heavy atom. The lowest BCUT2D eigenvalue weighted by molar-refractivity contribution is -0.141. The molecule has 1 aliphatic rings.